The maximum atomic E-state index is 12.0. The van der Waals surface area contributed by atoms with Crippen molar-refractivity contribution in [3.8, 4) is 0 Å². The van der Waals surface area contributed by atoms with Crippen LogP contribution in [0.1, 0.15) is 39.9 Å². The first-order valence-electron chi connectivity index (χ1n) is 7.03. The van der Waals surface area contributed by atoms with Gasteiger partial charge < -0.3 is 5.32 Å². The zero-order valence-corrected chi connectivity index (χ0v) is 13.9. The van der Waals surface area contributed by atoms with Crippen LogP contribution in [0, 0.1) is 0 Å². The van der Waals surface area contributed by atoms with Gasteiger partial charge in [0.15, 0.2) is 9.84 Å². The number of nitrogens with one attached hydrogen (secondary N) is 1. The van der Waals surface area contributed by atoms with Crippen LogP contribution in [-0.2, 0) is 22.8 Å². The highest BCUT2D eigenvalue weighted by molar-refractivity contribution is 7.92. The van der Waals surface area contributed by atoms with Crippen molar-refractivity contribution in [3.05, 3.63) is 12.2 Å². The number of hydrogen-bond acceptors (Lipinski definition) is 5. The Kier molecular flexibility index (Phi) is 5.70. The minimum Gasteiger partial charge on any atom is -0.312 e. The summed E-state index contributed by atoms with van der Waals surface area (Å²) in [6.45, 7) is 9.08. The van der Waals surface area contributed by atoms with Gasteiger partial charge in [-0.2, -0.15) is 5.10 Å². The number of hydrogen-bond donors (Lipinski definition) is 1. The van der Waals surface area contributed by atoms with Gasteiger partial charge in [-0.15, -0.1) is 0 Å². The van der Waals surface area contributed by atoms with Crippen molar-refractivity contribution < 1.29 is 8.42 Å². The minimum absolute atomic E-state index is 0.192. The van der Waals surface area contributed by atoms with Crippen LogP contribution in [0.5, 0.6) is 0 Å². The van der Waals surface area contributed by atoms with Gasteiger partial charge in [-0.1, -0.05) is 13.8 Å². The van der Waals surface area contributed by atoms with Crippen LogP contribution in [0.2, 0.25) is 0 Å². The zero-order valence-electron chi connectivity index (χ0n) is 13.0. The average molecular weight is 302 g/mol. The maximum absolute atomic E-state index is 12.0. The molecule has 0 aliphatic rings. The molecule has 0 aromatic carbocycles. The molecule has 0 aliphatic heterocycles. The van der Waals surface area contributed by atoms with Crippen LogP contribution < -0.4 is 5.32 Å². The summed E-state index contributed by atoms with van der Waals surface area (Å²) in [5.41, 5.74) is 0. The summed E-state index contributed by atoms with van der Waals surface area (Å²) < 4.78 is 25.0. The Hall–Kier alpha value is -0.950. The molecule has 0 radical (unpaired) electrons. The lowest BCUT2D eigenvalue weighted by atomic mass is 9.99. The molecule has 1 heterocycles. The number of aryl methyl sites for hydroxylation is 1. The Labute approximate surface area is 121 Å². The lowest BCUT2D eigenvalue weighted by Crippen LogP contribution is -2.53. The molecule has 7 heteroatoms. The fourth-order valence-electron chi connectivity index (χ4n) is 2.10. The summed E-state index contributed by atoms with van der Waals surface area (Å²) in [5, 5.41) is 7.47. The Bertz CT molecular complexity index is 522. The third-order valence-electron chi connectivity index (χ3n) is 3.76. The predicted molar refractivity (Wildman–Crippen MR) is 80.4 cm³/mol. The van der Waals surface area contributed by atoms with E-state index in [9.17, 15) is 8.42 Å². The predicted octanol–water partition coefficient (Wildman–Crippen LogP) is 1.03. The molecule has 0 bridgehead atoms. The van der Waals surface area contributed by atoms with E-state index in [0.29, 0.717) is 13.0 Å². The van der Waals surface area contributed by atoms with Gasteiger partial charge in [-0.3, -0.25) is 4.68 Å². The smallest absolute Gasteiger partial charge is 0.154 e. The number of likely N-dealkylation sites (N-methyl/N-ethyl adjacent to an activating group) is 1. The molecular weight excluding hydrogens is 276 g/mol. The first-order chi connectivity index (χ1) is 9.24. The van der Waals surface area contributed by atoms with Crippen LogP contribution in [-0.4, -0.2) is 46.8 Å². The first kappa shape index (κ1) is 17.1. The second-order valence-corrected chi connectivity index (χ2v) is 8.19. The van der Waals surface area contributed by atoms with Crippen molar-refractivity contribution in [2.75, 3.05) is 12.8 Å². The lowest BCUT2D eigenvalue weighted by Gasteiger charge is -2.33. The molecule has 0 amide bonds. The van der Waals surface area contributed by atoms with E-state index in [-0.39, 0.29) is 6.04 Å². The normalized spacial score (nSPS) is 14.4. The van der Waals surface area contributed by atoms with Gasteiger partial charge in [0.1, 0.15) is 12.2 Å². The van der Waals surface area contributed by atoms with Crippen LogP contribution in [0.15, 0.2) is 6.33 Å². The average Bonchev–Trinajstić information content (AvgIpc) is 2.75. The van der Waals surface area contributed by atoms with Crippen molar-refractivity contribution in [1.82, 2.24) is 20.1 Å². The van der Waals surface area contributed by atoms with E-state index in [1.807, 2.05) is 11.6 Å². The molecular formula is C13H26N4O2S. The quantitative estimate of drug-likeness (QED) is 0.776. The van der Waals surface area contributed by atoms with Crippen molar-refractivity contribution in [2.45, 2.75) is 57.9 Å². The molecule has 1 N–H and O–H groups in total. The zero-order chi connectivity index (χ0) is 15.4. The summed E-state index contributed by atoms with van der Waals surface area (Å²) in [6, 6.07) is -0.192. The van der Waals surface area contributed by atoms with Crippen molar-refractivity contribution in [2.24, 2.45) is 0 Å². The molecule has 0 fully saturated rings. The SMILES string of the molecule is CCCn1ncnc1CC(NCC)C(C)(C)S(C)(=O)=O. The molecule has 6 nitrogen and oxygen atoms in total. The molecule has 20 heavy (non-hydrogen) atoms. The summed E-state index contributed by atoms with van der Waals surface area (Å²) in [4.78, 5) is 4.27. The highest BCUT2D eigenvalue weighted by Crippen LogP contribution is 2.22. The Morgan fingerprint density at radius 1 is 1.40 bits per heavy atom. The van der Waals surface area contributed by atoms with Crippen molar-refractivity contribution >= 4 is 9.84 Å². The number of sulfone groups is 1. The monoisotopic (exact) mass is 302 g/mol. The lowest BCUT2D eigenvalue weighted by molar-refractivity contribution is 0.399. The largest absolute Gasteiger partial charge is 0.312 e. The topological polar surface area (TPSA) is 76.9 Å². The Morgan fingerprint density at radius 2 is 2.05 bits per heavy atom. The number of aromatic nitrogens is 3. The van der Waals surface area contributed by atoms with Crippen LogP contribution in [0.4, 0.5) is 0 Å². The van der Waals surface area contributed by atoms with Crippen molar-refractivity contribution in [1.29, 1.82) is 0 Å². The van der Waals surface area contributed by atoms with Gasteiger partial charge in [0, 0.05) is 25.3 Å². The standard InChI is InChI=1S/C13H26N4O2S/c1-6-8-17-12(15-10-16-17)9-11(14-7-2)13(3,4)20(5,18)19/h10-11,14H,6-9H2,1-5H3. The van der Waals surface area contributed by atoms with E-state index in [1.165, 1.54) is 12.6 Å². The molecule has 1 rings (SSSR count). The van der Waals surface area contributed by atoms with Gasteiger partial charge in [0.25, 0.3) is 0 Å². The Balaban J connectivity index is 3.01. The molecule has 116 valence electrons. The summed E-state index contributed by atoms with van der Waals surface area (Å²) in [6.07, 6.45) is 4.33. The van der Waals surface area contributed by atoms with Crippen LogP contribution in [0.25, 0.3) is 0 Å². The second-order valence-electron chi connectivity index (χ2n) is 5.59. The third-order valence-corrected chi connectivity index (χ3v) is 5.96. The molecule has 0 spiro atoms. The van der Waals surface area contributed by atoms with Gasteiger partial charge >= 0.3 is 0 Å². The van der Waals surface area contributed by atoms with E-state index >= 15 is 0 Å². The molecule has 0 saturated carbocycles. The van der Waals surface area contributed by atoms with Gasteiger partial charge in [0.2, 0.25) is 0 Å². The molecule has 1 unspecified atom stereocenters. The van der Waals surface area contributed by atoms with Gasteiger partial charge in [0.05, 0.1) is 4.75 Å². The van der Waals surface area contributed by atoms with E-state index in [4.69, 9.17) is 0 Å². The maximum Gasteiger partial charge on any atom is 0.154 e. The Morgan fingerprint density at radius 3 is 2.55 bits per heavy atom. The molecule has 1 aromatic heterocycles. The number of nitrogens with zero attached hydrogens (tertiary/aromatic N) is 3. The third kappa shape index (κ3) is 3.79. The minimum atomic E-state index is -3.17. The molecule has 1 aromatic rings. The van der Waals surface area contributed by atoms with Crippen LogP contribution >= 0.6 is 0 Å². The van der Waals surface area contributed by atoms with Crippen molar-refractivity contribution in [3.63, 3.8) is 0 Å². The number of rotatable bonds is 8. The van der Waals surface area contributed by atoms with E-state index in [2.05, 4.69) is 22.3 Å². The summed E-state index contributed by atoms with van der Waals surface area (Å²) in [7, 11) is -3.17. The first-order valence-corrected chi connectivity index (χ1v) is 8.92. The van der Waals surface area contributed by atoms with E-state index in [0.717, 1.165) is 18.8 Å². The van der Waals surface area contributed by atoms with Gasteiger partial charge in [-0.05, 0) is 26.8 Å². The fourth-order valence-corrected chi connectivity index (χ4v) is 2.78. The summed E-state index contributed by atoms with van der Waals surface area (Å²) in [5.74, 6) is 0.828. The van der Waals surface area contributed by atoms with E-state index < -0.39 is 14.6 Å². The molecule has 1 atom stereocenters. The molecule has 0 saturated heterocycles. The van der Waals surface area contributed by atoms with Crippen LogP contribution in [0.3, 0.4) is 0 Å². The van der Waals surface area contributed by atoms with Gasteiger partial charge in [-0.25, -0.2) is 13.4 Å². The highest BCUT2D eigenvalue weighted by Gasteiger charge is 2.39. The molecule has 0 aliphatic carbocycles. The highest BCUT2D eigenvalue weighted by atomic mass is 32.2. The van der Waals surface area contributed by atoms with E-state index in [1.54, 1.807) is 13.8 Å². The summed E-state index contributed by atoms with van der Waals surface area (Å²) >= 11 is 0. The fraction of sp³-hybridized carbons (Fsp3) is 0.846. The second kappa shape index (κ2) is 6.67.